The van der Waals surface area contributed by atoms with Crippen LogP contribution in [0.5, 0.6) is 0 Å². The summed E-state index contributed by atoms with van der Waals surface area (Å²) in [6, 6.07) is 9.51. The topological polar surface area (TPSA) is 104 Å². The van der Waals surface area contributed by atoms with Gasteiger partial charge in [0.25, 0.3) is 5.91 Å². The number of hydrogen-bond acceptors (Lipinski definition) is 5. The lowest BCUT2D eigenvalue weighted by Crippen LogP contribution is -2.38. The number of carbonyl (C=O) groups excluding carboxylic acids is 2. The minimum absolute atomic E-state index is 0.0635. The van der Waals surface area contributed by atoms with E-state index in [4.69, 9.17) is 0 Å². The molecule has 0 bridgehead atoms. The lowest BCUT2D eigenvalue weighted by Gasteiger charge is -2.20. The minimum Gasteiger partial charge on any atom is -0.354 e. The highest BCUT2D eigenvalue weighted by atomic mass is 32.2. The zero-order valence-corrected chi connectivity index (χ0v) is 18.4. The van der Waals surface area contributed by atoms with Crippen molar-refractivity contribution in [2.45, 2.75) is 43.5 Å². The molecule has 0 spiro atoms. The van der Waals surface area contributed by atoms with Crippen LogP contribution in [0.1, 0.15) is 47.3 Å². The maximum atomic E-state index is 12.4. The SMILES string of the molecule is O=C(NCCNC(=O)C1CCCCC1)c1ccc(S(=O)(=O)NCc2cccs2)cc1. The second-order valence-corrected chi connectivity index (χ2v) is 10.1. The first-order valence-electron chi connectivity index (χ1n) is 10.1. The Morgan fingerprint density at radius 3 is 2.33 bits per heavy atom. The fourth-order valence-corrected chi connectivity index (χ4v) is 5.16. The summed E-state index contributed by atoms with van der Waals surface area (Å²) in [5, 5.41) is 7.50. The van der Waals surface area contributed by atoms with Gasteiger partial charge in [-0.25, -0.2) is 13.1 Å². The van der Waals surface area contributed by atoms with E-state index in [1.54, 1.807) is 0 Å². The van der Waals surface area contributed by atoms with Crippen LogP contribution >= 0.6 is 11.3 Å². The van der Waals surface area contributed by atoms with Crippen molar-refractivity contribution in [3.63, 3.8) is 0 Å². The highest BCUT2D eigenvalue weighted by Crippen LogP contribution is 2.23. The number of hydrogen-bond donors (Lipinski definition) is 3. The summed E-state index contributed by atoms with van der Waals surface area (Å²) < 4.78 is 27.3. The van der Waals surface area contributed by atoms with E-state index in [-0.39, 0.29) is 29.2 Å². The molecule has 1 saturated carbocycles. The van der Waals surface area contributed by atoms with E-state index in [0.717, 1.165) is 30.6 Å². The Morgan fingerprint density at radius 2 is 1.67 bits per heavy atom. The lowest BCUT2D eigenvalue weighted by atomic mass is 9.89. The highest BCUT2D eigenvalue weighted by molar-refractivity contribution is 7.89. The van der Waals surface area contributed by atoms with Gasteiger partial charge in [-0.3, -0.25) is 9.59 Å². The second kappa shape index (κ2) is 10.7. The summed E-state index contributed by atoms with van der Waals surface area (Å²) in [5.41, 5.74) is 0.366. The first-order chi connectivity index (χ1) is 14.5. The molecule has 2 aromatic rings. The van der Waals surface area contributed by atoms with Crippen LogP contribution in [0.3, 0.4) is 0 Å². The number of nitrogens with one attached hydrogen (secondary N) is 3. The molecule has 1 heterocycles. The van der Waals surface area contributed by atoms with Crippen LogP contribution < -0.4 is 15.4 Å². The Kier molecular flexibility index (Phi) is 8.01. The molecule has 30 heavy (non-hydrogen) atoms. The third kappa shape index (κ3) is 6.38. The van der Waals surface area contributed by atoms with Gasteiger partial charge < -0.3 is 10.6 Å². The first kappa shape index (κ1) is 22.5. The Labute approximate surface area is 181 Å². The summed E-state index contributed by atoms with van der Waals surface area (Å²) in [6.45, 7) is 0.925. The third-order valence-electron chi connectivity index (χ3n) is 5.13. The molecule has 0 aliphatic heterocycles. The van der Waals surface area contributed by atoms with Gasteiger partial charge in [-0.05, 0) is 48.6 Å². The molecule has 3 rings (SSSR count). The maximum absolute atomic E-state index is 12.4. The Morgan fingerprint density at radius 1 is 0.967 bits per heavy atom. The highest BCUT2D eigenvalue weighted by Gasteiger charge is 2.20. The van der Waals surface area contributed by atoms with Gasteiger partial charge in [0.1, 0.15) is 0 Å². The Balaban J connectivity index is 1.43. The summed E-state index contributed by atoms with van der Waals surface area (Å²) >= 11 is 1.48. The van der Waals surface area contributed by atoms with Gasteiger partial charge >= 0.3 is 0 Å². The molecule has 3 N–H and O–H groups in total. The van der Waals surface area contributed by atoms with Crippen molar-refractivity contribution in [3.05, 3.63) is 52.2 Å². The molecule has 2 amide bonds. The predicted molar refractivity (Wildman–Crippen MR) is 117 cm³/mol. The van der Waals surface area contributed by atoms with Crippen LogP contribution in [0.2, 0.25) is 0 Å². The minimum atomic E-state index is -3.64. The molecule has 0 radical (unpaired) electrons. The molecule has 0 atom stereocenters. The molecule has 7 nitrogen and oxygen atoms in total. The van der Waals surface area contributed by atoms with Crippen molar-refractivity contribution < 1.29 is 18.0 Å². The summed E-state index contributed by atoms with van der Waals surface area (Å²) in [6.07, 6.45) is 5.28. The molecular formula is C21H27N3O4S2. The number of carbonyl (C=O) groups is 2. The number of benzene rings is 1. The number of amides is 2. The van der Waals surface area contributed by atoms with Crippen molar-refractivity contribution >= 4 is 33.2 Å². The van der Waals surface area contributed by atoms with Gasteiger partial charge in [0.15, 0.2) is 0 Å². The first-order valence-corrected chi connectivity index (χ1v) is 12.5. The predicted octanol–water partition coefficient (Wildman–Crippen LogP) is 2.65. The molecule has 162 valence electrons. The monoisotopic (exact) mass is 449 g/mol. The van der Waals surface area contributed by atoms with Gasteiger partial charge in [-0.15, -0.1) is 11.3 Å². The maximum Gasteiger partial charge on any atom is 0.251 e. The molecule has 0 unspecified atom stereocenters. The second-order valence-electron chi connectivity index (χ2n) is 7.31. The average molecular weight is 450 g/mol. The van der Waals surface area contributed by atoms with E-state index in [1.807, 2.05) is 17.5 Å². The van der Waals surface area contributed by atoms with Gasteiger partial charge in [0.2, 0.25) is 15.9 Å². The molecule has 0 saturated heterocycles. The van der Waals surface area contributed by atoms with Crippen LogP contribution in [0.4, 0.5) is 0 Å². The average Bonchev–Trinajstić information content (AvgIpc) is 3.29. The zero-order valence-electron chi connectivity index (χ0n) is 16.7. The molecule has 1 aromatic carbocycles. The molecule has 1 aromatic heterocycles. The van der Waals surface area contributed by atoms with Gasteiger partial charge in [-0.2, -0.15) is 0 Å². The van der Waals surface area contributed by atoms with E-state index in [0.29, 0.717) is 18.7 Å². The Bertz CT molecular complexity index is 935. The quantitative estimate of drug-likeness (QED) is 0.512. The lowest BCUT2D eigenvalue weighted by molar-refractivity contribution is -0.125. The van der Waals surface area contributed by atoms with E-state index < -0.39 is 10.0 Å². The van der Waals surface area contributed by atoms with Crippen molar-refractivity contribution in [1.29, 1.82) is 0 Å². The largest absolute Gasteiger partial charge is 0.354 e. The number of sulfonamides is 1. The third-order valence-corrected chi connectivity index (χ3v) is 7.42. The molecule has 1 aliphatic rings. The smallest absolute Gasteiger partial charge is 0.251 e. The van der Waals surface area contributed by atoms with Crippen molar-refractivity contribution in [3.8, 4) is 0 Å². The van der Waals surface area contributed by atoms with Gasteiger partial charge in [0.05, 0.1) is 4.90 Å². The van der Waals surface area contributed by atoms with E-state index >= 15 is 0 Å². The van der Waals surface area contributed by atoms with Crippen molar-refractivity contribution in [2.75, 3.05) is 13.1 Å². The number of rotatable bonds is 9. The number of thiophene rings is 1. The van der Waals surface area contributed by atoms with Crippen molar-refractivity contribution in [2.24, 2.45) is 5.92 Å². The normalized spacial score (nSPS) is 14.9. The molecule has 1 aliphatic carbocycles. The van der Waals surface area contributed by atoms with Crippen LogP contribution in [-0.4, -0.2) is 33.3 Å². The van der Waals surface area contributed by atoms with Crippen LogP contribution in [0.25, 0.3) is 0 Å². The molecule has 1 fully saturated rings. The van der Waals surface area contributed by atoms with Crippen LogP contribution in [-0.2, 0) is 21.4 Å². The van der Waals surface area contributed by atoms with Crippen LogP contribution in [0.15, 0.2) is 46.7 Å². The standard InChI is InChI=1S/C21H27N3O4S2/c25-20(16-5-2-1-3-6-16)22-12-13-23-21(26)17-8-10-19(11-9-17)30(27,28)24-15-18-7-4-14-29-18/h4,7-11,14,16,24H,1-3,5-6,12-13,15H2,(H,22,25)(H,23,26). The fourth-order valence-electron chi connectivity index (χ4n) is 3.42. The van der Waals surface area contributed by atoms with Crippen molar-refractivity contribution in [1.82, 2.24) is 15.4 Å². The Hall–Kier alpha value is -2.23. The zero-order chi connectivity index (χ0) is 21.4. The van der Waals surface area contributed by atoms with E-state index in [1.165, 1.54) is 42.0 Å². The van der Waals surface area contributed by atoms with Crippen LogP contribution in [0, 0.1) is 5.92 Å². The summed E-state index contributed by atoms with van der Waals surface area (Å²) in [4.78, 5) is 25.4. The van der Waals surface area contributed by atoms with Gasteiger partial charge in [-0.1, -0.05) is 25.3 Å². The van der Waals surface area contributed by atoms with Gasteiger partial charge in [0, 0.05) is 36.0 Å². The molecule has 9 heteroatoms. The summed E-state index contributed by atoms with van der Waals surface area (Å²) in [7, 11) is -3.64. The van der Waals surface area contributed by atoms with E-state index in [9.17, 15) is 18.0 Å². The molecular weight excluding hydrogens is 422 g/mol. The van der Waals surface area contributed by atoms with E-state index in [2.05, 4.69) is 15.4 Å². The fraction of sp³-hybridized carbons (Fsp3) is 0.429. The summed E-state index contributed by atoms with van der Waals surface area (Å²) in [5.74, 6) is -0.150.